The third-order valence-electron chi connectivity index (χ3n) is 3.52. The number of nitrogens with two attached hydrogens (primary N) is 2. The third-order valence-corrected chi connectivity index (χ3v) is 5.42. The zero-order chi connectivity index (χ0) is 19.1. The molecule has 0 aliphatic carbocycles. The minimum Gasteiger partial charge on any atom is -0.368 e. The molecule has 0 aromatic carbocycles. The highest BCUT2D eigenvalue weighted by Gasteiger charge is 2.14. The molecule has 0 amide bonds. The molecule has 2 rings (SSSR count). The maximum Gasteiger partial charge on any atom is 0.231 e. The Kier molecular flexibility index (Phi) is 7.45. The molecule has 0 saturated heterocycles. The van der Waals surface area contributed by atoms with Crippen LogP contribution < -0.4 is 21.3 Å². The second-order valence-electron chi connectivity index (χ2n) is 5.06. The Balaban J connectivity index is 2.18. The number of aromatic nitrogens is 6. The molecule has 4 N–H and O–H groups in total. The van der Waals surface area contributed by atoms with Gasteiger partial charge in [0, 0.05) is 26.2 Å². The summed E-state index contributed by atoms with van der Waals surface area (Å²) in [5.74, 6) is 1.49. The van der Waals surface area contributed by atoms with Crippen LogP contribution in [0.1, 0.15) is 27.7 Å². The highest BCUT2D eigenvalue weighted by molar-refractivity contribution is 8.76. The van der Waals surface area contributed by atoms with Gasteiger partial charge in [0.1, 0.15) is 0 Å². The summed E-state index contributed by atoms with van der Waals surface area (Å²) < 4.78 is 0. The molecule has 2 aromatic rings. The SMILES string of the molecule is CCN(CC)c1nc(N)nc(SSc2nc(N)nc(N(CC)CC)n2)n1. The van der Waals surface area contributed by atoms with E-state index >= 15 is 0 Å². The van der Waals surface area contributed by atoms with Crippen molar-refractivity contribution in [1.82, 2.24) is 29.9 Å². The van der Waals surface area contributed by atoms with Gasteiger partial charge in [0.05, 0.1) is 0 Å². The fourth-order valence-corrected chi connectivity index (χ4v) is 3.71. The van der Waals surface area contributed by atoms with Crippen LogP contribution >= 0.6 is 21.6 Å². The molecule has 0 bridgehead atoms. The molecule has 12 heteroatoms. The van der Waals surface area contributed by atoms with E-state index in [0.29, 0.717) is 22.2 Å². The van der Waals surface area contributed by atoms with Crippen LogP contribution in [-0.2, 0) is 0 Å². The van der Waals surface area contributed by atoms with E-state index in [9.17, 15) is 0 Å². The Morgan fingerprint density at radius 2 is 0.962 bits per heavy atom. The average molecular weight is 397 g/mol. The van der Waals surface area contributed by atoms with Crippen LogP contribution in [-0.4, -0.2) is 56.1 Å². The molecule has 142 valence electrons. The standard InChI is InChI=1S/C14H24N10S2/c1-5-23(6-2)11-17-9(15)19-13(21-11)25-26-14-20-10(16)18-12(22-14)24(7-3)8-4/h5-8H2,1-4H3,(H2,15,17,19,21)(H2,16,18,20,22). The van der Waals surface area contributed by atoms with Gasteiger partial charge in [-0.3, -0.25) is 0 Å². The summed E-state index contributed by atoms with van der Waals surface area (Å²) in [6, 6.07) is 0. The number of rotatable bonds is 9. The molecule has 2 aromatic heterocycles. The van der Waals surface area contributed by atoms with Gasteiger partial charge in [0.2, 0.25) is 34.1 Å². The predicted octanol–water partition coefficient (Wildman–Crippen LogP) is 1.71. The van der Waals surface area contributed by atoms with Crippen molar-refractivity contribution >= 4 is 45.4 Å². The minimum atomic E-state index is 0.184. The fraction of sp³-hybridized carbons (Fsp3) is 0.571. The molecule has 0 aliphatic rings. The van der Waals surface area contributed by atoms with E-state index in [4.69, 9.17) is 11.5 Å². The Morgan fingerprint density at radius 1 is 0.615 bits per heavy atom. The van der Waals surface area contributed by atoms with E-state index < -0.39 is 0 Å². The van der Waals surface area contributed by atoms with Gasteiger partial charge >= 0.3 is 0 Å². The van der Waals surface area contributed by atoms with Crippen molar-refractivity contribution in [3.8, 4) is 0 Å². The molecule has 26 heavy (non-hydrogen) atoms. The Hall–Kier alpha value is -2.08. The number of nitrogens with zero attached hydrogens (tertiary/aromatic N) is 8. The third kappa shape index (κ3) is 5.21. The molecular formula is C14H24N10S2. The van der Waals surface area contributed by atoms with Crippen molar-refractivity contribution in [1.29, 1.82) is 0 Å². The Labute approximate surface area is 161 Å². The molecule has 0 atom stereocenters. The zero-order valence-electron chi connectivity index (χ0n) is 15.4. The first-order chi connectivity index (χ1) is 12.5. The first-order valence-electron chi connectivity index (χ1n) is 8.38. The average Bonchev–Trinajstić information content (AvgIpc) is 2.61. The lowest BCUT2D eigenvalue weighted by atomic mass is 10.5. The van der Waals surface area contributed by atoms with E-state index in [2.05, 4.69) is 29.9 Å². The second kappa shape index (κ2) is 9.57. The van der Waals surface area contributed by atoms with E-state index in [1.807, 2.05) is 37.5 Å². The van der Waals surface area contributed by atoms with Crippen molar-refractivity contribution in [2.75, 3.05) is 47.4 Å². The quantitative estimate of drug-likeness (QED) is 0.597. The lowest BCUT2D eigenvalue weighted by molar-refractivity contribution is 0.786. The maximum absolute atomic E-state index is 5.82. The maximum atomic E-state index is 5.82. The van der Waals surface area contributed by atoms with E-state index in [1.54, 1.807) is 0 Å². The van der Waals surface area contributed by atoms with Gasteiger partial charge in [-0.25, -0.2) is 0 Å². The van der Waals surface area contributed by atoms with Gasteiger partial charge in [-0.05, 0) is 49.3 Å². The topological polar surface area (TPSA) is 136 Å². The van der Waals surface area contributed by atoms with Gasteiger partial charge in [0.15, 0.2) is 0 Å². The molecule has 2 heterocycles. The summed E-state index contributed by atoms with van der Waals surface area (Å²) >= 11 is 0. The monoisotopic (exact) mass is 396 g/mol. The molecule has 0 unspecified atom stereocenters. The lowest BCUT2D eigenvalue weighted by Crippen LogP contribution is -2.25. The van der Waals surface area contributed by atoms with Gasteiger partial charge in [0.25, 0.3) is 0 Å². The first kappa shape index (κ1) is 20.2. The van der Waals surface area contributed by atoms with Crippen molar-refractivity contribution in [2.24, 2.45) is 0 Å². The van der Waals surface area contributed by atoms with Gasteiger partial charge in [-0.1, -0.05) is 0 Å². The van der Waals surface area contributed by atoms with Gasteiger partial charge in [-0.2, -0.15) is 29.9 Å². The molecule has 0 radical (unpaired) electrons. The lowest BCUT2D eigenvalue weighted by Gasteiger charge is -2.19. The highest BCUT2D eigenvalue weighted by Crippen LogP contribution is 2.34. The smallest absolute Gasteiger partial charge is 0.231 e. The van der Waals surface area contributed by atoms with Crippen LogP contribution in [0, 0.1) is 0 Å². The number of anilines is 4. The molecular weight excluding hydrogens is 372 g/mol. The van der Waals surface area contributed by atoms with Crippen molar-refractivity contribution in [3.05, 3.63) is 0 Å². The number of nitrogen functional groups attached to an aromatic ring is 2. The van der Waals surface area contributed by atoms with Crippen LogP contribution in [0.2, 0.25) is 0 Å². The summed E-state index contributed by atoms with van der Waals surface area (Å²) in [6.07, 6.45) is 0. The van der Waals surface area contributed by atoms with Crippen molar-refractivity contribution in [2.45, 2.75) is 38.0 Å². The molecule has 0 aliphatic heterocycles. The van der Waals surface area contributed by atoms with Crippen LogP contribution in [0.25, 0.3) is 0 Å². The Morgan fingerprint density at radius 3 is 1.27 bits per heavy atom. The molecule has 10 nitrogen and oxygen atoms in total. The van der Waals surface area contributed by atoms with Gasteiger partial charge in [-0.15, -0.1) is 0 Å². The molecule has 0 saturated carbocycles. The Bertz CT molecular complexity index is 659. The zero-order valence-corrected chi connectivity index (χ0v) is 17.0. The molecule has 0 fully saturated rings. The van der Waals surface area contributed by atoms with Crippen LogP contribution in [0.15, 0.2) is 10.3 Å². The first-order valence-corrected chi connectivity index (χ1v) is 10.5. The largest absolute Gasteiger partial charge is 0.368 e. The number of hydrogen-bond acceptors (Lipinski definition) is 12. The number of hydrogen-bond donors (Lipinski definition) is 2. The van der Waals surface area contributed by atoms with E-state index in [-0.39, 0.29) is 11.9 Å². The van der Waals surface area contributed by atoms with Gasteiger partial charge < -0.3 is 21.3 Å². The summed E-state index contributed by atoms with van der Waals surface area (Å²) in [4.78, 5) is 29.7. The fourth-order valence-electron chi connectivity index (χ4n) is 2.17. The van der Waals surface area contributed by atoms with Crippen LogP contribution in [0.4, 0.5) is 23.8 Å². The minimum absolute atomic E-state index is 0.184. The predicted molar refractivity (Wildman–Crippen MR) is 107 cm³/mol. The normalized spacial score (nSPS) is 10.8. The van der Waals surface area contributed by atoms with Crippen molar-refractivity contribution < 1.29 is 0 Å². The van der Waals surface area contributed by atoms with Crippen LogP contribution in [0.3, 0.4) is 0 Å². The van der Waals surface area contributed by atoms with Crippen LogP contribution in [0.5, 0.6) is 0 Å². The molecule has 0 spiro atoms. The summed E-state index contributed by atoms with van der Waals surface area (Å²) in [6.45, 7) is 11.3. The van der Waals surface area contributed by atoms with Crippen molar-refractivity contribution in [3.63, 3.8) is 0 Å². The van der Waals surface area contributed by atoms with E-state index in [1.165, 1.54) is 21.6 Å². The summed E-state index contributed by atoms with van der Waals surface area (Å²) in [5.41, 5.74) is 11.6. The van der Waals surface area contributed by atoms with E-state index in [0.717, 1.165) is 26.2 Å². The summed E-state index contributed by atoms with van der Waals surface area (Å²) in [5, 5.41) is 0.987. The highest BCUT2D eigenvalue weighted by atomic mass is 33.1. The second-order valence-corrected chi connectivity index (χ2v) is 7.13. The summed E-state index contributed by atoms with van der Waals surface area (Å²) in [7, 11) is 2.61.